The van der Waals surface area contributed by atoms with E-state index in [2.05, 4.69) is 27.9 Å². The lowest BCUT2D eigenvalue weighted by Crippen LogP contribution is -2.36. The average molecular weight is 661 g/mol. The van der Waals surface area contributed by atoms with E-state index in [4.69, 9.17) is 9.47 Å². The highest BCUT2D eigenvalue weighted by Gasteiger charge is 2.36. The highest BCUT2D eigenvalue weighted by atomic mass is 127. The van der Waals surface area contributed by atoms with E-state index in [-0.39, 0.29) is 17.3 Å². The molecule has 39 heavy (non-hydrogen) atoms. The summed E-state index contributed by atoms with van der Waals surface area (Å²) in [4.78, 5) is 39.5. The van der Waals surface area contributed by atoms with Gasteiger partial charge in [-0.2, -0.15) is 0 Å². The van der Waals surface area contributed by atoms with E-state index in [9.17, 15) is 18.8 Å². The van der Waals surface area contributed by atoms with Crippen LogP contribution in [0.25, 0.3) is 6.08 Å². The van der Waals surface area contributed by atoms with Crippen molar-refractivity contribution in [3.05, 3.63) is 90.6 Å². The maximum atomic E-state index is 14.0. The first-order chi connectivity index (χ1) is 18.6. The van der Waals surface area contributed by atoms with Crippen LogP contribution in [0.4, 0.5) is 14.9 Å². The third-order valence-corrected chi connectivity index (χ3v) is 7.70. The van der Waals surface area contributed by atoms with Gasteiger partial charge in [-0.1, -0.05) is 35.9 Å². The van der Waals surface area contributed by atoms with E-state index in [1.165, 1.54) is 13.2 Å². The number of thioether (sulfide) groups is 1. The summed E-state index contributed by atoms with van der Waals surface area (Å²) in [6, 6.07) is 13.7. The van der Waals surface area contributed by atoms with E-state index in [0.29, 0.717) is 31.9 Å². The summed E-state index contributed by atoms with van der Waals surface area (Å²) < 4.78 is 26.0. The summed E-state index contributed by atoms with van der Waals surface area (Å²) in [7, 11) is 1.48. The summed E-state index contributed by atoms with van der Waals surface area (Å²) in [6.45, 7) is 5.38. The lowest BCUT2D eigenvalue weighted by molar-refractivity contribution is -0.127. The van der Waals surface area contributed by atoms with Crippen molar-refractivity contribution in [3.8, 4) is 11.5 Å². The van der Waals surface area contributed by atoms with Crippen LogP contribution in [-0.2, 0) is 16.2 Å². The van der Waals surface area contributed by atoms with Gasteiger partial charge in [0.15, 0.2) is 11.5 Å². The minimum Gasteiger partial charge on any atom is -0.493 e. The Morgan fingerprint density at radius 3 is 2.46 bits per heavy atom. The zero-order chi connectivity index (χ0) is 28.3. The number of benzene rings is 3. The van der Waals surface area contributed by atoms with Gasteiger partial charge in [-0.05, 0) is 96.1 Å². The predicted molar refractivity (Wildman–Crippen MR) is 158 cm³/mol. The molecule has 0 bridgehead atoms. The van der Waals surface area contributed by atoms with Crippen molar-refractivity contribution in [1.29, 1.82) is 0 Å². The van der Waals surface area contributed by atoms with Crippen molar-refractivity contribution in [2.24, 2.45) is 0 Å². The largest absolute Gasteiger partial charge is 0.493 e. The minimum absolute atomic E-state index is 0.0149. The number of nitrogens with zero attached hydrogens (tertiary/aromatic N) is 1. The Morgan fingerprint density at radius 1 is 1.10 bits per heavy atom. The van der Waals surface area contributed by atoms with Crippen LogP contribution in [0.15, 0.2) is 53.4 Å². The molecule has 3 amide bonds. The van der Waals surface area contributed by atoms with Crippen LogP contribution >= 0.6 is 34.4 Å². The summed E-state index contributed by atoms with van der Waals surface area (Å²) in [5.41, 5.74) is 4.57. The van der Waals surface area contributed by atoms with Gasteiger partial charge in [0, 0.05) is 11.3 Å². The topological polar surface area (TPSA) is 84.9 Å². The molecule has 3 aromatic carbocycles. The quantitative estimate of drug-likeness (QED) is 0.216. The Labute approximate surface area is 243 Å². The Kier molecular flexibility index (Phi) is 8.96. The molecule has 1 aliphatic rings. The molecule has 1 heterocycles. The number of methoxy groups -OCH3 is 1. The maximum Gasteiger partial charge on any atom is 0.294 e. The molecule has 10 heteroatoms. The van der Waals surface area contributed by atoms with Gasteiger partial charge in [0.05, 0.1) is 15.6 Å². The van der Waals surface area contributed by atoms with Crippen LogP contribution in [0.1, 0.15) is 27.8 Å². The minimum atomic E-state index is -0.550. The van der Waals surface area contributed by atoms with Gasteiger partial charge in [-0.15, -0.1) is 0 Å². The summed E-state index contributed by atoms with van der Waals surface area (Å²) in [5.74, 6) is -0.541. The third-order valence-electron chi connectivity index (χ3n) is 6.00. The highest BCUT2D eigenvalue weighted by Crippen LogP contribution is 2.38. The lowest BCUT2D eigenvalue weighted by atomic mass is 10.1. The highest BCUT2D eigenvalue weighted by molar-refractivity contribution is 14.1. The summed E-state index contributed by atoms with van der Waals surface area (Å²) in [6.07, 6.45) is 1.57. The molecular formula is C29H26FIN2O5S. The number of anilines is 1. The summed E-state index contributed by atoms with van der Waals surface area (Å²) in [5, 5.41) is 2.30. The fourth-order valence-corrected chi connectivity index (χ4v) is 5.84. The number of hydrogen-bond acceptors (Lipinski definition) is 6. The molecule has 3 aromatic rings. The molecule has 0 saturated carbocycles. The van der Waals surface area contributed by atoms with E-state index >= 15 is 0 Å². The predicted octanol–water partition coefficient (Wildman–Crippen LogP) is 6.62. The zero-order valence-electron chi connectivity index (χ0n) is 21.8. The number of nitrogens with one attached hydrogen (secondary N) is 1. The van der Waals surface area contributed by atoms with Gasteiger partial charge in [0.2, 0.25) is 5.91 Å². The molecule has 202 valence electrons. The maximum absolute atomic E-state index is 14.0. The molecule has 7 nitrogen and oxygen atoms in total. The van der Waals surface area contributed by atoms with E-state index in [1.807, 2.05) is 32.9 Å². The van der Waals surface area contributed by atoms with Crippen LogP contribution in [0.3, 0.4) is 0 Å². The molecule has 1 N–H and O–H groups in total. The molecule has 1 fully saturated rings. The van der Waals surface area contributed by atoms with Gasteiger partial charge in [0.1, 0.15) is 19.0 Å². The van der Waals surface area contributed by atoms with Crippen LogP contribution in [0.5, 0.6) is 11.5 Å². The number of carbonyl (C=O) groups excluding carboxylic acids is 3. The Hall–Kier alpha value is -3.38. The van der Waals surface area contributed by atoms with Gasteiger partial charge in [-0.3, -0.25) is 19.3 Å². The van der Waals surface area contributed by atoms with Crippen molar-refractivity contribution < 1.29 is 28.2 Å². The van der Waals surface area contributed by atoms with Crippen LogP contribution < -0.4 is 14.8 Å². The third kappa shape index (κ3) is 6.62. The van der Waals surface area contributed by atoms with Crippen LogP contribution in [0, 0.1) is 30.2 Å². The van der Waals surface area contributed by atoms with Crippen molar-refractivity contribution >= 4 is 63.2 Å². The first-order valence-electron chi connectivity index (χ1n) is 11.9. The molecule has 0 unspecified atom stereocenters. The number of hydrogen-bond donors (Lipinski definition) is 1. The van der Waals surface area contributed by atoms with Crippen molar-refractivity contribution in [3.63, 3.8) is 0 Å². The van der Waals surface area contributed by atoms with Crippen LogP contribution in [0.2, 0.25) is 0 Å². The molecule has 0 radical (unpaired) electrons. The number of amides is 3. The standard InChI is InChI=1S/C29H26FIN2O5S/c1-16-9-17(2)26(18(3)10-16)32-25(34)14-33-28(35)24(39-29(33)36)13-19-11-22(31)27(23(12-19)37-4)38-15-20-7-5-6-8-21(20)30/h5-13H,14-15H2,1-4H3,(H,32,34)/b24-13+. The van der Waals surface area contributed by atoms with Crippen LogP contribution in [-0.4, -0.2) is 35.6 Å². The van der Waals surface area contributed by atoms with Crippen molar-refractivity contribution in [1.82, 2.24) is 4.90 Å². The second-order valence-corrected chi connectivity index (χ2v) is 11.2. The molecule has 0 spiro atoms. The molecule has 0 aromatic heterocycles. The number of imide groups is 1. The van der Waals surface area contributed by atoms with Gasteiger partial charge < -0.3 is 14.8 Å². The van der Waals surface area contributed by atoms with E-state index in [1.54, 1.807) is 36.4 Å². The zero-order valence-corrected chi connectivity index (χ0v) is 24.7. The SMILES string of the molecule is COc1cc(/C=C2/SC(=O)N(CC(=O)Nc3c(C)cc(C)cc3C)C2=O)cc(I)c1OCc1ccccc1F. The Balaban J connectivity index is 1.48. The first-order valence-corrected chi connectivity index (χ1v) is 13.8. The number of rotatable bonds is 8. The lowest BCUT2D eigenvalue weighted by Gasteiger charge is -2.16. The van der Waals surface area contributed by atoms with Gasteiger partial charge in [0.25, 0.3) is 11.1 Å². The molecular weight excluding hydrogens is 634 g/mol. The molecule has 0 atom stereocenters. The van der Waals surface area contributed by atoms with Gasteiger partial charge in [-0.25, -0.2) is 4.39 Å². The normalized spacial score (nSPS) is 14.2. The van der Waals surface area contributed by atoms with Crippen molar-refractivity contribution in [2.75, 3.05) is 19.0 Å². The van der Waals surface area contributed by atoms with E-state index in [0.717, 1.165) is 33.4 Å². The van der Waals surface area contributed by atoms with Gasteiger partial charge >= 0.3 is 0 Å². The van der Waals surface area contributed by atoms with E-state index < -0.39 is 23.6 Å². The van der Waals surface area contributed by atoms with Crippen molar-refractivity contribution in [2.45, 2.75) is 27.4 Å². The first kappa shape index (κ1) is 28.6. The Morgan fingerprint density at radius 2 is 1.79 bits per heavy atom. The fraction of sp³-hybridized carbons (Fsp3) is 0.207. The number of ether oxygens (including phenoxy) is 2. The molecule has 1 aliphatic heterocycles. The Bertz CT molecular complexity index is 1480. The average Bonchev–Trinajstić information content (AvgIpc) is 3.13. The molecule has 4 rings (SSSR count). The smallest absolute Gasteiger partial charge is 0.294 e. The second kappa shape index (κ2) is 12.2. The molecule has 0 aliphatic carbocycles. The second-order valence-electron chi connectivity index (χ2n) is 9.00. The monoisotopic (exact) mass is 660 g/mol. The fourth-order valence-electron chi connectivity index (χ4n) is 4.22. The molecule has 1 saturated heterocycles. The number of carbonyl (C=O) groups is 3. The summed E-state index contributed by atoms with van der Waals surface area (Å²) >= 11 is 2.84. The number of aryl methyl sites for hydroxylation is 3. The number of halogens is 2.